The number of hydrogen-bond acceptors (Lipinski definition) is 9. The Morgan fingerprint density at radius 1 is 1.19 bits per heavy atom. The van der Waals surface area contributed by atoms with Gasteiger partial charge in [0, 0.05) is 6.07 Å². The Labute approximate surface area is 209 Å². The Bertz CT molecular complexity index is 1690. The van der Waals surface area contributed by atoms with Crippen molar-refractivity contribution in [2.24, 2.45) is 10.7 Å². The normalized spacial score (nSPS) is 16.6. The van der Waals surface area contributed by atoms with E-state index in [0.717, 1.165) is 11.3 Å². The number of fused-ring (bicyclic) bond motifs is 4. The number of rotatable bonds is 4. The number of aromatic hydroxyl groups is 2. The number of phenols is 2. The Hall–Kier alpha value is -4.49. The third-order valence-electron chi connectivity index (χ3n) is 5.91. The molecule has 10 heteroatoms. The van der Waals surface area contributed by atoms with E-state index in [-0.39, 0.29) is 28.8 Å². The molecule has 0 aliphatic carbocycles. The molecular weight excluding hydrogens is 480 g/mol. The fraction of sp³-hybridized carbons (Fsp3) is 0.192. The molecule has 4 N–H and O–H groups in total. The summed E-state index contributed by atoms with van der Waals surface area (Å²) in [6.45, 7) is 4.28. The van der Waals surface area contributed by atoms with Gasteiger partial charge in [-0.2, -0.15) is 5.26 Å². The molecule has 0 saturated carbocycles. The van der Waals surface area contributed by atoms with E-state index in [1.165, 1.54) is 22.8 Å². The van der Waals surface area contributed by atoms with Crippen molar-refractivity contribution in [1.82, 2.24) is 4.57 Å². The monoisotopic (exact) mass is 502 g/mol. The molecule has 0 spiro atoms. The van der Waals surface area contributed by atoms with Crippen LogP contribution in [0.1, 0.15) is 30.9 Å². The van der Waals surface area contributed by atoms with Crippen molar-refractivity contribution in [1.29, 1.82) is 5.26 Å². The molecule has 1 aromatic heterocycles. The average Bonchev–Trinajstić information content (AvgIpc) is 3.17. The van der Waals surface area contributed by atoms with E-state index in [1.807, 2.05) is 6.92 Å². The largest absolute Gasteiger partial charge is 0.508 e. The predicted octanol–water partition coefficient (Wildman–Crippen LogP) is 2.23. The number of nitriles is 1. The number of phenolic OH excluding ortho intramolecular Hbond substituents is 2. The van der Waals surface area contributed by atoms with Crippen LogP contribution in [0.4, 0.5) is 5.69 Å². The van der Waals surface area contributed by atoms with Crippen molar-refractivity contribution in [2.75, 3.05) is 13.2 Å². The predicted molar refractivity (Wildman–Crippen MR) is 137 cm³/mol. The SMILES string of the molecule is CCOC1=Nc2cc(O)ccc2C2C1=C(N)n1c(sc(=Cc3ccc(O)c(OCC)c3)c1=O)=C2C#N. The standard InChI is InChI=1S/C26H22N4O5S/c1-3-34-19-9-13(5-8-18(19)32)10-20-25(33)30-23(28)22-21(16(12-27)26(30)36-20)15-7-6-14(31)11-17(15)29-24(22)35-4-2/h5-11,21,31-32H,3-4,28H2,1-2H3. The molecule has 1 unspecified atom stereocenters. The summed E-state index contributed by atoms with van der Waals surface area (Å²) in [5.41, 5.74) is 8.75. The summed E-state index contributed by atoms with van der Waals surface area (Å²) in [7, 11) is 0. The number of aromatic nitrogens is 1. The van der Waals surface area contributed by atoms with Crippen LogP contribution in [0.3, 0.4) is 0 Å². The number of nitrogens with two attached hydrogens (primary N) is 1. The van der Waals surface area contributed by atoms with Crippen LogP contribution in [0.15, 0.2) is 51.8 Å². The van der Waals surface area contributed by atoms with Crippen LogP contribution in [0.25, 0.3) is 17.5 Å². The van der Waals surface area contributed by atoms with Crippen LogP contribution in [-0.2, 0) is 4.74 Å². The van der Waals surface area contributed by atoms with Gasteiger partial charge in [0.05, 0.1) is 46.6 Å². The van der Waals surface area contributed by atoms with Crippen molar-refractivity contribution in [2.45, 2.75) is 19.8 Å². The summed E-state index contributed by atoms with van der Waals surface area (Å²) in [6.07, 6.45) is 1.67. The Morgan fingerprint density at radius 3 is 2.69 bits per heavy atom. The molecule has 2 aliphatic heterocycles. The fourth-order valence-electron chi connectivity index (χ4n) is 4.41. The summed E-state index contributed by atoms with van der Waals surface area (Å²) < 4.78 is 13.3. The minimum Gasteiger partial charge on any atom is -0.508 e. The molecule has 182 valence electrons. The highest BCUT2D eigenvalue weighted by atomic mass is 32.1. The topological polar surface area (TPSA) is 143 Å². The number of aliphatic imine (C=N–C) groups is 1. The minimum atomic E-state index is -0.603. The smallest absolute Gasteiger partial charge is 0.274 e. The summed E-state index contributed by atoms with van der Waals surface area (Å²) in [4.78, 5) is 18.0. The zero-order valence-electron chi connectivity index (χ0n) is 19.5. The van der Waals surface area contributed by atoms with Gasteiger partial charge in [-0.15, -0.1) is 11.3 Å². The van der Waals surface area contributed by atoms with Gasteiger partial charge in [-0.25, -0.2) is 4.99 Å². The van der Waals surface area contributed by atoms with Crippen LogP contribution in [0.5, 0.6) is 17.2 Å². The highest BCUT2D eigenvalue weighted by Crippen LogP contribution is 2.45. The zero-order valence-corrected chi connectivity index (χ0v) is 20.3. The highest BCUT2D eigenvalue weighted by molar-refractivity contribution is 7.07. The summed E-state index contributed by atoms with van der Waals surface area (Å²) >= 11 is 1.15. The van der Waals surface area contributed by atoms with E-state index in [9.17, 15) is 20.3 Å². The number of ether oxygens (including phenoxy) is 2. The lowest BCUT2D eigenvalue weighted by Crippen LogP contribution is -2.40. The van der Waals surface area contributed by atoms with Gasteiger partial charge in [0.1, 0.15) is 16.2 Å². The summed E-state index contributed by atoms with van der Waals surface area (Å²) in [6, 6.07) is 11.8. The number of hydrogen-bond donors (Lipinski definition) is 3. The second-order valence-corrected chi connectivity index (χ2v) is 9.10. The lowest BCUT2D eigenvalue weighted by Gasteiger charge is -2.30. The second kappa shape index (κ2) is 8.94. The lowest BCUT2D eigenvalue weighted by atomic mass is 9.81. The first-order valence-electron chi connectivity index (χ1n) is 11.3. The third kappa shape index (κ3) is 3.61. The van der Waals surface area contributed by atoms with Gasteiger partial charge in [0.2, 0.25) is 5.90 Å². The maximum absolute atomic E-state index is 13.5. The first-order valence-corrected chi connectivity index (χ1v) is 12.1. The molecule has 0 fully saturated rings. The highest BCUT2D eigenvalue weighted by Gasteiger charge is 2.39. The molecule has 36 heavy (non-hydrogen) atoms. The van der Waals surface area contributed by atoms with Crippen molar-refractivity contribution in [3.05, 3.63) is 72.6 Å². The van der Waals surface area contributed by atoms with Gasteiger partial charge in [0.15, 0.2) is 11.5 Å². The molecule has 1 atom stereocenters. The Morgan fingerprint density at radius 2 is 1.97 bits per heavy atom. The number of benzene rings is 2. The number of thiazole rings is 1. The van der Waals surface area contributed by atoms with E-state index in [1.54, 1.807) is 31.2 Å². The van der Waals surface area contributed by atoms with E-state index in [2.05, 4.69) is 11.1 Å². The molecule has 0 amide bonds. The van der Waals surface area contributed by atoms with Gasteiger partial charge < -0.3 is 25.4 Å². The van der Waals surface area contributed by atoms with Gasteiger partial charge in [-0.3, -0.25) is 9.36 Å². The van der Waals surface area contributed by atoms with Crippen LogP contribution < -0.4 is 25.2 Å². The van der Waals surface area contributed by atoms with Crippen molar-refractivity contribution in [3.8, 4) is 23.3 Å². The molecule has 2 aliphatic rings. The molecular formula is C26H22N4O5S. The quantitative estimate of drug-likeness (QED) is 0.496. The number of nitrogens with zero attached hydrogens (tertiary/aromatic N) is 3. The van der Waals surface area contributed by atoms with E-state index < -0.39 is 5.92 Å². The lowest BCUT2D eigenvalue weighted by molar-refractivity contribution is 0.318. The van der Waals surface area contributed by atoms with Gasteiger partial charge in [-0.05, 0) is 49.2 Å². The molecule has 9 nitrogen and oxygen atoms in total. The Balaban J connectivity index is 1.79. The first-order chi connectivity index (χ1) is 17.4. The molecule has 3 aromatic rings. The van der Waals surface area contributed by atoms with Gasteiger partial charge >= 0.3 is 0 Å². The van der Waals surface area contributed by atoms with E-state index in [0.29, 0.717) is 56.1 Å². The zero-order chi connectivity index (χ0) is 25.6. The van der Waals surface area contributed by atoms with Crippen LogP contribution in [0.2, 0.25) is 0 Å². The fourth-order valence-corrected chi connectivity index (χ4v) is 5.53. The second-order valence-electron chi connectivity index (χ2n) is 8.07. The van der Waals surface area contributed by atoms with Crippen LogP contribution in [0, 0.1) is 11.3 Å². The van der Waals surface area contributed by atoms with Crippen LogP contribution >= 0.6 is 11.3 Å². The van der Waals surface area contributed by atoms with E-state index in [4.69, 9.17) is 15.2 Å². The maximum Gasteiger partial charge on any atom is 0.274 e. The molecule has 3 heterocycles. The molecule has 0 radical (unpaired) electrons. The van der Waals surface area contributed by atoms with Crippen LogP contribution in [-0.4, -0.2) is 33.9 Å². The molecule has 0 saturated heterocycles. The van der Waals surface area contributed by atoms with E-state index >= 15 is 0 Å². The van der Waals surface area contributed by atoms with Gasteiger partial charge in [0.25, 0.3) is 5.56 Å². The maximum atomic E-state index is 13.5. The summed E-state index contributed by atoms with van der Waals surface area (Å²) in [5.74, 6) is 0.0902. The van der Waals surface area contributed by atoms with Gasteiger partial charge in [-0.1, -0.05) is 12.1 Å². The molecule has 2 aromatic carbocycles. The summed E-state index contributed by atoms with van der Waals surface area (Å²) in [5, 5.41) is 30.2. The average molecular weight is 503 g/mol. The molecule has 0 bridgehead atoms. The minimum absolute atomic E-state index is 0.00166. The third-order valence-corrected chi connectivity index (χ3v) is 7.02. The molecule has 5 rings (SSSR count). The first kappa shape index (κ1) is 23.3. The van der Waals surface area contributed by atoms with Crippen molar-refractivity contribution >= 4 is 40.4 Å². The van der Waals surface area contributed by atoms with Crippen molar-refractivity contribution < 1.29 is 19.7 Å². The Kier molecular flexibility index (Phi) is 5.78. The van der Waals surface area contributed by atoms with Crippen molar-refractivity contribution in [3.63, 3.8) is 0 Å².